The zero-order valence-electron chi connectivity index (χ0n) is 15.4. The molecule has 4 nitrogen and oxygen atoms in total. The van der Waals surface area contributed by atoms with Gasteiger partial charge in [0.2, 0.25) is 10.0 Å². The lowest BCUT2D eigenvalue weighted by molar-refractivity contribution is 0.331. The van der Waals surface area contributed by atoms with Crippen LogP contribution < -0.4 is 4.74 Å². The summed E-state index contributed by atoms with van der Waals surface area (Å²) in [6, 6.07) is 24.5. The van der Waals surface area contributed by atoms with E-state index >= 15 is 0 Å². The fourth-order valence-electron chi connectivity index (χ4n) is 2.75. The van der Waals surface area contributed by atoms with Gasteiger partial charge in [-0.15, -0.1) is 0 Å². The van der Waals surface area contributed by atoms with Crippen LogP contribution in [0.3, 0.4) is 0 Å². The second-order valence-corrected chi connectivity index (χ2v) is 8.45. The fourth-order valence-corrected chi connectivity index (χ4v) is 4.00. The predicted molar refractivity (Wildman–Crippen MR) is 108 cm³/mol. The van der Waals surface area contributed by atoms with E-state index in [0.29, 0.717) is 5.75 Å². The summed E-state index contributed by atoms with van der Waals surface area (Å²) in [5.41, 5.74) is 1.84. The van der Waals surface area contributed by atoms with Crippen LogP contribution in [0, 0.1) is 5.82 Å². The van der Waals surface area contributed by atoms with Crippen LogP contribution in [0.4, 0.5) is 4.39 Å². The molecule has 0 aliphatic heterocycles. The highest BCUT2D eigenvalue weighted by molar-refractivity contribution is 7.89. The molecule has 0 bridgehead atoms. The number of hydrogen-bond donors (Lipinski definition) is 0. The van der Waals surface area contributed by atoms with Crippen LogP contribution in [0.5, 0.6) is 5.75 Å². The van der Waals surface area contributed by atoms with E-state index in [0.717, 1.165) is 11.1 Å². The number of halogens is 1. The van der Waals surface area contributed by atoms with E-state index in [-0.39, 0.29) is 31.3 Å². The minimum absolute atomic E-state index is 0.00591. The molecular formula is C22H22FNO3S. The van der Waals surface area contributed by atoms with E-state index in [4.69, 9.17) is 4.74 Å². The van der Waals surface area contributed by atoms with Gasteiger partial charge in [0, 0.05) is 13.1 Å². The molecule has 146 valence electrons. The highest BCUT2D eigenvalue weighted by atomic mass is 32.2. The van der Waals surface area contributed by atoms with Gasteiger partial charge in [-0.3, -0.25) is 0 Å². The number of rotatable bonds is 9. The molecule has 0 aliphatic carbocycles. The Morgan fingerprint density at radius 3 is 1.75 bits per heavy atom. The molecule has 0 spiro atoms. The molecule has 0 aromatic heterocycles. The lowest BCUT2D eigenvalue weighted by atomic mass is 10.2. The molecule has 0 unspecified atom stereocenters. The van der Waals surface area contributed by atoms with E-state index in [1.165, 1.54) is 28.6 Å². The monoisotopic (exact) mass is 399 g/mol. The standard InChI is InChI=1S/C22H22FNO3S/c23-21-11-13-22(14-12-21)27-15-16-28(25,26)24(17-19-7-3-1-4-8-19)18-20-9-5-2-6-10-20/h1-14H,15-18H2. The Hall–Kier alpha value is -2.70. The van der Waals surface area contributed by atoms with Crippen molar-refractivity contribution in [1.82, 2.24) is 4.31 Å². The number of benzene rings is 3. The van der Waals surface area contributed by atoms with Gasteiger partial charge >= 0.3 is 0 Å². The van der Waals surface area contributed by atoms with Crippen LogP contribution in [0.2, 0.25) is 0 Å². The third kappa shape index (κ3) is 5.90. The Bertz CT molecular complexity index is 920. The van der Waals surface area contributed by atoms with Gasteiger partial charge in [-0.05, 0) is 35.4 Å². The van der Waals surface area contributed by atoms with Crippen molar-refractivity contribution >= 4 is 10.0 Å². The summed E-state index contributed by atoms with van der Waals surface area (Å²) >= 11 is 0. The lowest BCUT2D eigenvalue weighted by Crippen LogP contribution is -2.34. The molecule has 0 N–H and O–H groups in total. The molecule has 0 saturated carbocycles. The Labute approximate surface area is 165 Å². The molecule has 0 aliphatic rings. The zero-order valence-corrected chi connectivity index (χ0v) is 16.2. The SMILES string of the molecule is O=S(=O)(CCOc1ccc(F)cc1)N(Cc1ccccc1)Cc1ccccc1. The normalized spacial score (nSPS) is 11.5. The molecule has 3 rings (SSSR count). The van der Waals surface area contributed by atoms with Crippen LogP contribution in [0.25, 0.3) is 0 Å². The van der Waals surface area contributed by atoms with Crippen LogP contribution in [-0.2, 0) is 23.1 Å². The number of sulfonamides is 1. The maximum absolute atomic E-state index is 13.0. The summed E-state index contributed by atoms with van der Waals surface area (Å²) in [5.74, 6) is -0.0875. The molecule has 3 aromatic carbocycles. The maximum atomic E-state index is 13.0. The van der Waals surface area contributed by atoms with Gasteiger partial charge in [0.25, 0.3) is 0 Å². The Kier molecular flexibility index (Phi) is 6.79. The third-order valence-corrected chi connectivity index (χ3v) is 5.95. The van der Waals surface area contributed by atoms with Gasteiger partial charge in [-0.1, -0.05) is 60.7 Å². The van der Waals surface area contributed by atoms with Crippen molar-refractivity contribution in [2.24, 2.45) is 0 Å². The van der Waals surface area contributed by atoms with Crippen molar-refractivity contribution in [1.29, 1.82) is 0 Å². The van der Waals surface area contributed by atoms with Crippen LogP contribution >= 0.6 is 0 Å². The Morgan fingerprint density at radius 1 is 0.750 bits per heavy atom. The number of hydrogen-bond acceptors (Lipinski definition) is 3. The van der Waals surface area contributed by atoms with E-state index in [9.17, 15) is 12.8 Å². The Morgan fingerprint density at radius 2 is 1.25 bits per heavy atom. The summed E-state index contributed by atoms with van der Waals surface area (Å²) < 4.78 is 45.8. The van der Waals surface area contributed by atoms with Crippen molar-refractivity contribution in [3.63, 3.8) is 0 Å². The third-order valence-electron chi connectivity index (χ3n) is 4.22. The predicted octanol–water partition coefficient (Wildman–Crippen LogP) is 4.24. The van der Waals surface area contributed by atoms with Crippen molar-refractivity contribution in [3.05, 3.63) is 102 Å². The van der Waals surface area contributed by atoms with Crippen molar-refractivity contribution in [3.8, 4) is 5.75 Å². The first-order chi connectivity index (χ1) is 13.5. The van der Waals surface area contributed by atoms with Gasteiger partial charge in [0.05, 0.1) is 5.75 Å². The number of ether oxygens (including phenoxy) is 1. The highest BCUT2D eigenvalue weighted by Crippen LogP contribution is 2.16. The van der Waals surface area contributed by atoms with E-state index in [2.05, 4.69) is 0 Å². The first kappa shape index (κ1) is 20.0. The maximum Gasteiger partial charge on any atom is 0.218 e. The van der Waals surface area contributed by atoms with Gasteiger partial charge in [0.1, 0.15) is 18.2 Å². The summed E-state index contributed by atoms with van der Waals surface area (Å²) in [5, 5.41) is 0. The molecule has 6 heteroatoms. The topological polar surface area (TPSA) is 46.6 Å². The molecule has 0 saturated heterocycles. The molecule has 0 heterocycles. The summed E-state index contributed by atoms with van der Waals surface area (Å²) in [6.07, 6.45) is 0. The fraction of sp³-hybridized carbons (Fsp3) is 0.182. The molecule has 3 aromatic rings. The largest absolute Gasteiger partial charge is 0.492 e. The minimum atomic E-state index is -3.56. The van der Waals surface area contributed by atoms with Crippen LogP contribution in [0.15, 0.2) is 84.9 Å². The first-order valence-corrected chi connectivity index (χ1v) is 10.6. The quantitative estimate of drug-likeness (QED) is 0.541. The summed E-state index contributed by atoms with van der Waals surface area (Å²) in [7, 11) is -3.56. The highest BCUT2D eigenvalue weighted by Gasteiger charge is 2.22. The smallest absolute Gasteiger partial charge is 0.218 e. The molecule has 0 radical (unpaired) electrons. The first-order valence-electron chi connectivity index (χ1n) is 8.97. The average molecular weight is 399 g/mol. The molecular weight excluding hydrogens is 377 g/mol. The zero-order chi connectivity index (χ0) is 19.8. The second kappa shape index (κ2) is 9.48. The van der Waals surface area contributed by atoms with E-state index < -0.39 is 10.0 Å². The summed E-state index contributed by atoms with van der Waals surface area (Å²) in [4.78, 5) is 0. The lowest BCUT2D eigenvalue weighted by Gasteiger charge is -2.22. The van der Waals surface area contributed by atoms with Crippen LogP contribution in [0.1, 0.15) is 11.1 Å². The molecule has 28 heavy (non-hydrogen) atoms. The van der Waals surface area contributed by atoms with Gasteiger partial charge in [-0.2, -0.15) is 4.31 Å². The van der Waals surface area contributed by atoms with Crippen LogP contribution in [-0.4, -0.2) is 25.1 Å². The van der Waals surface area contributed by atoms with Gasteiger partial charge in [0.15, 0.2) is 0 Å². The second-order valence-electron chi connectivity index (χ2n) is 6.36. The minimum Gasteiger partial charge on any atom is -0.492 e. The number of nitrogens with zero attached hydrogens (tertiary/aromatic N) is 1. The Balaban J connectivity index is 1.70. The van der Waals surface area contributed by atoms with Crippen molar-refractivity contribution in [2.75, 3.05) is 12.4 Å². The van der Waals surface area contributed by atoms with E-state index in [1.807, 2.05) is 60.7 Å². The molecule has 0 fully saturated rings. The van der Waals surface area contributed by atoms with Crippen molar-refractivity contribution in [2.45, 2.75) is 13.1 Å². The van der Waals surface area contributed by atoms with Gasteiger partial charge < -0.3 is 4.74 Å². The van der Waals surface area contributed by atoms with E-state index in [1.54, 1.807) is 0 Å². The van der Waals surface area contributed by atoms with Crippen molar-refractivity contribution < 1.29 is 17.5 Å². The molecule has 0 atom stereocenters. The summed E-state index contributed by atoms with van der Waals surface area (Å²) in [6.45, 7) is 0.567. The van der Waals surface area contributed by atoms with Gasteiger partial charge in [-0.25, -0.2) is 12.8 Å². The average Bonchev–Trinajstić information content (AvgIpc) is 2.70. The molecule has 0 amide bonds.